The number of fused-ring (bicyclic) bond motifs is 3. The number of likely N-dealkylation sites (tertiary alicyclic amines) is 1. The lowest BCUT2D eigenvalue weighted by molar-refractivity contribution is -0.141. The van der Waals surface area contributed by atoms with Gasteiger partial charge in [-0.15, -0.1) is 0 Å². The van der Waals surface area contributed by atoms with Gasteiger partial charge in [-0.1, -0.05) is 18.2 Å². The summed E-state index contributed by atoms with van der Waals surface area (Å²) in [6, 6.07) is 6.91. The van der Waals surface area contributed by atoms with Crippen LogP contribution in [-0.4, -0.2) is 92.9 Å². The van der Waals surface area contributed by atoms with Crippen molar-refractivity contribution in [2.45, 2.75) is 36.0 Å². The number of carbonyl (C=O) groups is 2. The van der Waals surface area contributed by atoms with Crippen LogP contribution in [-0.2, 0) is 29.9 Å². The fraction of sp³-hybridized carbons (Fsp3) is 0.542. The van der Waals surface area contributed by atoms with Gasteiger partial charge in [0, 0.05) is 37.3 Å². The Morgan fingerprint density at radius 2 is 1.94 bits per heavy atom. The van der Waals surface area contributed by atoms with E-state index in [4.69, 9.17) is 14.6 Å². The Labute approximate surface area is 204 Å². The Bertz CT molecular complexity index is 1230. The molecule has 3 aliphatic rings. The molecule has 0 saturated carbocycles. The molecule has 0 bridgehead atoms. The van der Waals surface area contributed by atoms with Gasteiger partial charge in [0.05, 0.1) is 49.1 Å². The molecule has 0 radical (unpaired) electrons. The molecule has 1 unspecified atom stereocenters. The number of benzene rings is 1. The molecule has 1 aromatic carbocycles. The van der Waals surface area contributed by atoms with Crippen molar-refractivity contribution in [3.63, 3.8) is 0 Å². The van der Waals surface area contributed by atoms with Crippen molar-refractivity contribution < 1.29 is 27.5 Å². The maximum Gasteiger partial charge on any atom is 0.306 e. The number of esters is 1. The van der Waals surface area contributed by atoms with Crippen molar-refractivity contribution in [2.75, 3.05) is 53.0 Å². The van der Waals surface area contributed by atoms with Gasteiger partial charge in [0.1, 0.15) is 0 Å². The number of carbonyl (C=O) groups excluding carboxylic acids is 2. The van der Waals surface area contributed by atoms with Crippen molar-refractivity contribution in [3.05, 3.63) is 35.5 Å². The van der Waals surface area contributed by atoms with Crippen molar-refractivity contribution in [2.24, 2.45) is 0 Å². The molecule has 1 atom stereocenters. The summed E-state index contributed by atoms with van der Waals surface area (Å²) in [6.07, 6.45) is 2.07. The maximum absolute atomic E-state index is 13.5. The third kappa shape index (κ3) is 4.60. The lowest BCUT2D eigenvalue weighted by atomic mass is 10.0. The minimum atomic E-state index is -3.60. The summed E-state index contributed by atoms with van der Waals surface area (Å²) >= 11 is 0. The highest BCUT2D eigenvalue weighted by Gasteiger charge is 2.38. The zero-order chi connectivity index (χ0) is 24.6. The van der Waals surface area contributed by atoms with E-state index in [0.717, 1.165) is 19.4 Å². The zero-order valence-electron chi connectivity index (χ0n) is 19.8. The highest BCUT2D eigenvalue weighted by atomic mass is 32.2. The fourth-order valence-electron chi connectivity index (χ4n) is 5.23. The summed E-state index contributed by atoms with van der Waals surface area (Å²) in [4.78, 5) is 29.3. The van der Waals surface area contributed by atoms with Crippen LogP contribution in [0.15, 0.2) is 29.2 Å². The maximum atomic E-state index is 13.5. The van der Waals surface area contributed by atoms with Gasteiger partial charge in [-0.2, -0.15) is 5.10 Å². The number of nitrogens with zero attached hydrogens (tertiary/aromatic N) is 4. The number of aromatic nitrogens is 2. The largest absolute Gasteiger partial charge is 0.469 e. The molecular formula is C24H30N4O6S. The molecule has 35 heavy (non-hydrogen) atoms. The number of sulfone groups is 1. The van der Waals surface area contributed by atoms with Gasteiger partial charge in [0.15, 0.2) is 15.5 Å². The first-order valence-electron chi connectivity index (χ1n) is 12.0. The van der Waals surface area contributed by atoms with E-state index < -0.39 is 9.84 Å². The first-order valence-corrected chi connectivity index (χ1v) is 13.6. The SMILES string of the molecule is COC(=O)CCN1CCCC(n2nc(C(=O)N3CCOCC3)c3c2-c2ccccc2S(=O)(=O)C3)C1. The van der Waals surface area contributed by atoms with Crippen molar-refractivity contribution >= 4 is 21.7 Å². The van der Waals surface area contributed by atoms with Crippen molar-refractivity contribution in [1.82, 2.24) is 19.6 Å². The lowest BCUT2D eigenvalue weighted by Crippen LogP contribution is -2.41. The van der Waals surface area contributed by atoms with Crippen LogP contribution in [0.1, 0.15) is 41.4 Å². The van der Waals surface area contributed by atoms with Crippen LogP contribution >= 0.6 is 0 Å². The molecule has 2 aromatic rings. The smallest absolute Gasteiger partial charge is 0.306 e. The van der Waals surface area contributed by atoms with E-state index in [2.05, 4.69) is 4.90 Å². The number of ether oxygens (including phenoxy) is 2. The average Bonchev–Trinajstić information content (AvgIpc) is 3.26. The summed E-state index contributed by atoms with van der Waals surface area (Å²) in [5.74, 6) is -0.749. The molecule has 10 nitrogen and oxygen atoms in total. The molecule has 11 heteroatoms. The van der Waals surface area contributed by atoms with E-state index in [1.54, 1.807) is 23.1 Å². The Morgan fingerprint density at radius 3 is 2.71 bits per heavy atom. The predicted molar refractivity (Wildman–Crippen MR) is 127 cm³/mol. The molecule has 0 aliphatic carbocycles. The number of rotatable bonds is 5. The molecule has 2 saturated heterocycles. The summed E-state index contributed by atoms with van der Waals surface area (Å²) in [5, 5.41) is 4.80. The lowest BCUT2D eigenvalue weighted by Gasteiger charge is -2.34. The second-order valence-corrected chi connectivity index (χ2v) is 11.2. The number of morpholine rings is 1. The van der Waals surface area contributed by atoms with Gasteiger partial charge >= 0.3 is 5.97 Å². The first kappa shape index (κ1) is 24.0. The normalized spacial score (nSPS) is 21.7. The van der Waals surface area contributed by atoms with E-state index in [1.807, 2.05) is 10.7 Å². The Morgan fingerprint density at radius 1 is 1.17 bits per heavy atom. The summed E-state index contributed by atoms with van der Waals surface area (Å²) in [5.41, 5.74) is 2.00. The molecule has 2 fully saturated rings. The van der Waals surface area contributed by atoms with Gasteiger partial charge in [-0.25, -0.2) is 8.42 Å². The van der Waals surface area contributed by atoms with Gasteiger partial charge < -0.3 is 19.3 Å². The van der Waals surface area contributed by atoms with Crippen LogP contribution in [0.2, 0.25) is 0 Å². The third-order valence-corrected chi connectivity index (χ3v) is 8.70. The number of methoxy groups -OCH3 is 1. The number of hydrogen-bond donors (Lipinski definition) is 0. The van der Waals surface area contributed by atoms with E-state index in [-0.39, 0.29) is 34.3 Å². The zero-order valence-corrected chi connectivity index (χ0v) is 20.6. The summed E-state index contributed by atoms with van der Waals surface area (Å²) < 4.78 is 38.4. The molecule has 3 aliphatic heterocycles. The van der Waals surface area contributed by atoms with Gasteiger partial charge in [-0.3, -0.25) is 14.3 Å². The molecule has 1 aromatic heterocycles. The molecule has 0 N–H and O–H groups in total. The van der Waals surface area contributed by atoms with Gasteiger partial charge in [-0.05, 0) is 25.5 Å². The van der Waals surface area contributed by atoms with E-state index in [0.29, 0.717) is 62.6 Å². The fourth-order valence-corrected chi connectivity index (χ4v) is 6.82. The van der Waals surface area contributed by atoms with Crippen LogP contribution in [0.3, 0.4) is 0 Å². The van der Waals surface area contributed by atoms with Crippen LogP contribution < -0.4 is 0 Å². The molecule has 1 amide bonds. The molecular weight excluding hydrogens is 472 g/mol. The highest BCUT2D eigenvalue weighted by molar-refractivity contribution is 7.90. The summed E-state index contributed by atoms with van der Waals surface area (Å²) in [7, 11) is -2.22. The van der Waals surface area contributed by atoms with Crippen LogP contribution in [0.25, 0.3) is 11.3 Å². The quantitative estimate of drug-likeness (QED) is 0.566. The molecule has 5 rings (SSSR count). The third-order valence-electron chi connectivity index (χ3n) is 7.01. The standard InChI is InChI=1S/C24H30N4O6S/c1-33-21(29)8-10-26-9-4-5-17(15-26)28-23-18-6-2-3-7-20(18)35(31,32)16-19(23)22(25-28)24(30)27-11-13-34-14-12-27/h2-3,6-7,17H,4-5,8-16H2,1H3. The summed E-state index contributed by atoms with van der Waals surface area (Å²) in [6.45, 7) is 3.91. The Kier molecular flexibility index (Phi) is 6.65. The number of hydrogen-bond acceptors (Lipinski definition) is 8. The predicted octanol–water partition coefficient (Wildman–Crippen LogP) is 1.51. The first-order chi connectivity index (χ1) is 16.9. The topological polar surface area (TPSA) is 111 Å². The van der Waals surface area contributed by atoms with Crippen LogP contribution in [0.4, 0.5) is 0 Å². The average molecular weight is 503 g/mol. The van der Waals surface area contributed by atoms with Gasteiger partial charge in [0.2, 0.25) is 0 Å². The second kappa shape index (κ2) is 9.71. The van der Waals surface area contributed by atoms with E-state index >= 15 is 0 Å². The Hall–Kier alpha value is -2.76. The molecule has 188 valence electrons. The monoisotopic (exact) mass is 502 g/mol. The minimum absolute atomic E-state index is 0.0461. The molecule has 0 spiro atoms. The van der Waals surface area contributed by atoms with Crippen molar-refractivity contribution in [1.29, 1.82) is 0 Å². The second-order valence-electron chi connectivity index (χ2n) is 9.20. The van der Waals surface area contributed by atoms with E-state index in [1.165, 1.54) is 7.11 Å². The molecule has 4 heterocycles. The number of amides is 1. The van der Waals surface area contributed by atoms with Crippen LogP contribution in [0.5, 0.6) is 0 Å². The van der Waals surface area contributed by atoms with Crippen LogP contribution in [0, 0.1) is 0 Å². The van der Waals surface area contributed by atoms with Gasteiger partial charge in [0.25, 0.3) is 5.91 Å². The minimum Gasteiger partial charge on any atom is -0.469 e. The number of piperidine rings is 1. The highest BCUT2D eigenvalue weighted by Crippen LogP contribution is 2.41. The van der Waals surface area contributed by atoms with E-state index in [9.17, 15) is 18.0 Å². The Balaban J connectivity index is 1.55. The van der Waals surface area contributed by atoms with Crippen molar-refractivity contribution in [3.8, 4) is 11.3 Å².